The molecule has 1 heterocycles. The van der Waals surface area contributed by atoms with Crippen LogP contribution >= 0.6 is 0 Å². The number of hydrogen-bond donors (Lipinski definition) is 1. The van der Waals surface area contributed by atoms with E-state index >= 15 is 0 Å². The van der Waals surface area contributed by atoms with Crippen molar-refractivity contribution in [2.75, 3.05) is 13.2 Å². The van der Waals surface area contributed by atoms with Gasteiger partial charge in [0.2, 0.25) is 0 Å². The molecular formula is C16H18O2. The number of fused-ring (bicyclic) bond motifs is 1. The molecule has 1 aliphatic heterocycles. The van der Waals surface area contributed by atoms with Gasteiger partial charge in [-0.25, -0.2) is 0 Å². The summed E-state index contributed by atoms with van der Waals surface area (Å²) < 4.78 is 5.78. The maximum absolute atomic E-state index is 9.02. The molecule has 3 rings (SSSR count). The molecule has 1 saturated heterocycles. The van der Waals surface area contributed by atoms with Gasteiger partial charge in [0, 0.05) is 18.6 Å². The highest BCUT2D eigenvalue weighted by Gasteiger charge is 2.24. The molecule has 0 saturated carbocycles. The van der Waals surface area contributed by atoms with Crippen molar-refractivity contribution < 1.29 is 9.84 Å². The highest BCUT2D eigenvalue weighted by Crippen LogP contribution is 2.42. The number of aliphatic hydroxyl groups excluding tert-OH is 1. The van der Waals surface area contributed by atoms with E-state index in [0.29, 0.717) is 0 Å². The molecule has 18 heavy (non-hydrogen) atoms. The second-order valence-corrected chi connectivity index (χ2v) is 4.83. The lowest BCUT2D eigenvalue weighted by molar-refractivity contribution is 0.265. The number of hydrogen-bond acceptors (Lipinski definition) is 2. The largest absolute Gasteiger partial charge is 0.497 e. The van der Waals surface area contributed by atoms with E-state index in [0.717, 1.165) is 38.0 Å². The van der Waals surface area contributed by atoms with E-state index < -0.39 is 0 Å². The van der Waals surface area contributed by atoms with Gasteiger partial charge < -0.3 is 9.84 Å². The third-order valence-corrected chi connectivity index (χ3v) is 3.59. The van der Waals surface area contributed by atoms with Crippen LogP contribution < -0.4 is 0 Å². The van der Waals surface area contributed by atoms with Crippen molar-refractivity contribution in [2.45, 2.75) is 25.7 Å². The van der Waals surface area contributed by atoms with Crippen LogP contribution in [0.15, 0.2) is 35.6 Å². The topological polar surface area (TPSA) is 29.5 Å². The minimum Gasteiger partial charge on any atom is -0.497 e. The highest BCUT2D eigenvalue weighted by atomic mass is 16.5. The Morgan fingerprint density at radius 3 is 2.89 bits per heavy atom. The van der Waals surface area contributed by atoms with Crippen molar-refractivity contribution in [1.29, 1.82) is 0 Å². The molecule has 1 N–H and O–H groups in total. The quantitative estimate of drug-likeness (QED) is 0.880. The Bertz CT molecular complexity index is 504. The Morgan fingerprint density at radius 1 is 1.22 bits per heavy atom. The maximum Gasteiger partial charge on any atom is 0.104 e. The van der Waals surface area contributed by atoms with Crippen LogP contribution in [-0.2, 0) is 4.74 Å². The van der Waals surface area contributed by atoms with Crippen LogP contribution in [0.3, 0.4) is 0 Å². The molecule has 1 aromatic carbocycles. The Balaban J connectivity index is 2.02. The van der Waals surface area contributed by atoms with Gasteiger partial charge in [-0.1, -0.05) is 30.3 Å². The molecule has 1 aliphatic carbocycles. The monoisotopic (exact) mass is 242 g/mol. The van der Waals surface area contributed by atoms with Crippen LogP contribution in [-0.4, -0.2) is 18.3 Å². The first-order chi connectivity index (χ1) is 8.90. The van der Waals surface area contributed by atoms with Gasteiger partial charge in [-0.2, -0.15) is 0 Å². The Hall–Kier alpha value is -1.54. The molecule has 94 valence electrons. The molecule has 0 radical (unpaired) electrons. The number of aliphatic hydroxyl groups is 1. The molecule has 2 nitrogen and oxygen atoms in total. The first-order valence-corrected chi connectivity index (χ1v) is 6.67. The standard InChI is InChI=1S/C16H18O2/c17-9-3-6-13-11-12-5-1-2-7-14(12)16(13)15-8-4-10-18-15/h1-2,5,7,11,17H,3-4,6,8-10H2/b16-15+. The first-order valence-electron chi connectivity index (χ1n) is 6.67. The molecule has 0 spiro atoms. The summed E-state index contributed by atoms with van der Waals surface area (Å²) in [7, 11) is 0. The van der Waals surface area contributed by atoms with Gasteiger partial charge in [-0.05, 0) is 36.0 Å². The fraction of sp³-hybridized carbons (Fsp3) is 0.375. The molecule has 1 aromatic rings. The third-order valence-electron chi connectivity index (χ3n) is 3.59. The van der Waals surface area contributed by atoms with E-state index in [1.807, 2.05) is 0 Å². The maximum atomic E-state index is 9.02. The molecule has 0 amide bonds. The Morgan fingerprint density at radius 2 is 2.11 bits per heavy atom. The number of rotatable bonds is 3. The summed E-state index contributed by atoms with van der Waals surface area (Å²) in [5.41, 5.74) is 5.18. The van der Waals surface area contributed by atoms with Crippen LogP contribution in [0.1, 0.15) is 36.8 Å². The molecule has 0 aromatic heterocycles. The SMILES string of the molecule is OCCCC1=Cc2ccccc2/C1=C1\CCCO1. The second-order valence-electron chi connectivity index (χ2n) is 4.83. The summed E-state index contributed by atoms with van der Waals surface area (Å²) in [6, 6.07) is 8.47. The average Bonchev–Trinajstić information content (AvgIpc) is 3.02. The number of benzene rings is 1. The summed E-state index contributed by atoms with van der Waals surface area (Å²) >= 11 is 0. The predicted molar refractivity (Wildman–Crippen MR) is 72.8 cm³/mol. The normalized spacial score (nSPS) is 21.7. The summed E-state index contributed by atoms with van der Waals surface area (Å²) in [6.45, 7) is 1.09. The smallest absolute Gasteiger partial charge is 0.104 e. The molecule has 2 aliphatic rings. The predicted octanol–water partition coefficient (Wildman–Crippen LogP) is 3.38. The molecular weight excluding hydrogens is 224 g/mol. The summed E-state index contributed by atoms with van der Waals surface area (Å²) in [5, 5.41) is 9.02. The van der Waals surface area contributed by atoms with E-state index in [2.05, 4.69) is 30.3 Å². The van der Waals surface area contributed by atoms with Gasteiger partial charge in [-0.3, -0.25) is 0 Å². The van der Waals surface area contributed by atoms with Crippen LogP contribution in [0.4, 0.5) is 0 Å². The van der Waals surface area contributed by atoms with Crippen molar-refractivity contribution >= 4 is 11.6 Å². The van der Waals surface area contributed by atoms with Gasteiger partial charge >= 0.3 is 0 Å². The van der Waals surface area contributed by atoms with E-state index in [9.17, 15) is 0 Å². The summed E-state index contributed by atoms with van der Waals surface area (Å²) in [5.74, 6) is 1.14. The van der Waals surface area contributed by atoms with Gasteiger partial charge in [0.25, 0.3) is 0 Å². The zero-order chi connectivity index (χ0) is 12.4. The lowest BCUT2D eigenvalue weighted by Crippen LogP contribution is -1.93. The number of ether oxygens (including phenoxy) is 1. The number of allylic oxidation sites excluding steroid dienone is 3. The van der Waals surface area contributed by atoms with Crippen molar-refractivity contribution in [1.82, 2.24) is 0 Å². The Kier molecular flexibility index (Phi) is 3.20. The minimum absolute atomic E-state index is 0.247. The Labute approximate surface area is 108 Å². The van der Waals surface area contributed by atoms with Gasteiger partial charge in [-0.15, -0.1) is 0 Å². The summed E-state index contributed by atoms with van der Waals surface area (Å²) in [6.07, 6.45) is 6.15. The zero-order valence-corrected chi connectivity index (χ0v) is 10.5. The third kappa shape index (κ3) is 1.97. The van der Waals surface area contributed by atoms with E-state index in [1.165, 1.54) is 22.3 Å². The molecule has 1 fully saturated rings. The lowest BCUT2D eigenvalue weighted by Gasteiger charge is -2.10. The first kappa shape index (κ1) is 11.5. The van der Waals surface area contributed by atoms with Crippen LogP contribution in [0, 0.1) is 0 Å². The molecule has 0 bridgehead atoms. The lowest BCUT2D eigenvalue weighted by atomic mass is 9.97. The molecule has 0 atom stereocenters. The van der Waals surface area contributed by atoms with Crippen LogP contribution in [0.2, 0.25) is 0 Å². The minimum atomic E-state index is 0.247. The average molecular weight is 242 g/mol. The van der Waals surface area contributed by atoms with Crippen molar-refractivity contribution in [2.24, 2.45) is 0 Å². The zero-order valence-electron chi connectivity index (χ0n) is 10.5. The van der Waals surface area contributed by atoms with Crippen molar-refractivity contribution in [3.05, 3.63) is 46.7 Å². The van der Waals surface area contributed by atoms with E-state index in [1.54, 1.807) is 0 Å². The molecule has 2 heteroatoms. The van der Waals surface area contributed by atoms with Crippen molar-refractivity contribution in [3.63, 3.8) is 0 Å². The summed E-state index contributed by atoms with van der Waals surface area (Å²) in [4.78, 5) is 0. The van der Waals surface area contributed by atoms with Crippen LogP contribution in [0.25, 0.3) is 11.6 Å². The molecule has 0 unspecified atom stereocenters. The van der Waals surface area contributed by atoms with E-state index in [4.69, 9.17) is 9.84 Å². The van der Waals surface area contributed by atoms with Gasteiger partial charge in [0.15, 0.2) is 0 Å². The van der Waals surface area contributed by atoms with Crippen molar-refractivity contribution in [3.8, 4) is 0 Å². The fourth-order valence-electron chi connectivity index (χ4n) is 2.78. The second kappa shape index (κ2) is 4.99. The van der Waals surface area contributed by atoms with E-state index in [-0.39, 0.29) is 6.61 Å². The van der Waals surface area contributed by atoms with Crippen LogP contribution in [0.5, 0.6) is 0 Å². The van der Waals surface area contributed by atoms with Gasteiger partial charge in [0.05, 0.1) is 6.61 Å². The fourth-order valence-corrected chi connectivity index (χ4v) is 2.78. The highest BCUT2D eigenvalue weighted by molar-refractivity contribution is 5.95. The van der Waals surface area contributed by atoms with Gasteiger partial charge in [0.1, 0.15) is 5.76 Å².